The molecule has 0 aliphatic rings. The van der Waals surface area contributed by atoms with E-state index in [4.69, 9.17) is 4.42 Å². The predicted octanol–water partition coefficient (Wildman–Crippen LogP) is 5.25. The largest absolute Gasteiger partial charge is 0.456 e. The van der Waals surface area contributed by atoms with Gasteiger partial charge in [-0.2, -0.15) is 26.3 Å². The molecule has 0 unspecified atom stereocenters. The van der Waals surface area contributed by atoms with Gasteiger partial charge in [0.2, 0.25) is 0 Å². The number of sulfonamides is 1. The van der Waals surface area contributed by atoms with Crippen LogP contribution in [0.5, 0.6) is 0 Å². The summed E-state index contributed by atoms with van der Waals surface area (Å²) in [5.74, 6) is -1.00. The van der Waals surface area contributed by atoms with Crippen LogP contribution in [0.25, 0.3) is 21.9 Å². The zero-order valence-corrected chi connectivity index (χ0v) is 17.4. The summed E-state index contributed by atoms with van der Waals surface area (Å²) in [4.78, 5) is 12.6. The van der Waals surface area contributed by atoms with Gasteiger partial charge in [-0.25, -0.2) is 8.42 Å². The van der Waals surface area contributed by atoms with E-state index in [0.717, 1.165) is 0 Å². The van der Waals surface area contributed by atoms with Crippen molar-refractivity contribution in [2.75, 3.05) is 0 Å². The number of halogens is 6. The van der Waals surface area contributed by atoms with Gasteiger partial charge in [0, 0.05) is 16.3 Å². The van der Waals surface area contributed by atoms with Gasteiger partial charge in [-0.3, -0.25) is 10.2 Å². The van der Waals surface area contributed by atoms with Crippen molar-refractivity contribution in [2.45, 2.75) is 17.2 Å². The molecule has 0 radical (unpaired) electrons. The number of hydrazine groups is 1. The van der Waals surface area contributed by atoms with Crippen LogP contribution in [0.3, 0.4) is 0 Å². The van der Waals surface area contributed by atoms with Crippen molar-refractivity contribution in [2.24, 2.45) is 0 Å². The molecule has 13 heteroatoms. The number of fused-ring (bicyclic) bond motifs is 3. The number of carbonyl (C=O) groups is 1. The van der Waals surface area contributed by atoms with Gasteiger partial charge < -0.3 is 4.42 Å². The number of nitrogens with one attached hydrogen (secondary N) is 2. The SMILES string of the molecule is O=C(NNS(=O)(=O)c1cc(C(F)(F)F)cc(C(F)(F)F)c1)c1ccc2oc3ccccc3c2c1. The van der Waals surface area contributed by atoms with Crippen molar-refractivity contribution in [1.82, 2.24) is 10.3 Å². The maximum Gasteiger partial charge on any atom is 0.416 e. The third kappa shape index (κ3) is 4.56. The normalized spacial score (nSPS) is 12.9. The summed E-state index contributed by atoms with van der Waals surface area (Å²) in [6.07, 6.45) is -10.5. The summed E-state index contributed by atoms with van der Waals surface area (Å²) >= 11 is 0. The second-order valence-electron chi connectivity index (χ2n) is 7.11. The highest BCUT2D eigenvalue weighted by molar-refractivity contribution is 7.89. The highest BCUT2D eigenvalue weighted by Crippen LogP contribution is 2.37. The smallest absolute Gasteiger partial charge is 0.416 e. The fourth-order valence-corrected chi connectivity index (χ4v) is 4.10. The Bertz CT molecular complexity index is 1490. The molecule has 0 atom stereocenters. The predicted molar refractivity (Wildman–Crippen MR) is 108 cm³/mol. The van der Waals surface area contributed by atoms with Crippen molar-refractivity contribution in [3.05, 3.63) is 77.4 Å². The number of para-hydroxylation sites is 1. The molecule has 0 saturated carbocycles. The van der Waals surface area contributed by atoms with Gasteiger partial charge in [-0.1, -0.05) is 18.2 Å². The molecule has 4 aromatic rings. The van der Waals surface area contributed by atoms with E-state index >= 15 is 0 Å². The number of rotatable bonds is 4. The van der Waals surface area contributed by atoms with Gasteiger partial charge in [0.15, 0.2) is 0 Å². The average molecular weight is 502 g/mol. The Kier molecular flexibility index (Phi) is 5.56. The first kappa shape index (κ1) is 23.6. The van der Waals surface area contributed by atoms with E-state index in [9.17, 15) is 39.6 Å². The van der Waals surface area contributed by atoms with Crippen molar-refractivity contribution in [3.8, 4) is 0 Å². The Balaban J connectivity index is 1.62. The number of furan rings is 1. The summed E-state index contributed by atoms with van der Waals surface area (Å²) < 4.78 is 108. The lowest BCUT2D eigenvalue weighted by Crippen LogP contribution is -2.41. The standard InChI is InChI=1S/C21H12F6N2O4S/c22-20(23,24)12-8-13(21(25,26)27)10-14(9-12)34(31,32)29-28-19(30)11-5-6-18-16(7-11)15-3-1-2-4-17(15)33-18/h1-10,29H,(H,28,30). The molecule has 34 heavy (non-hydrogen) atoms. The Morgan fingerprint density at radius 1 is 0.765 bits per heavy atom. The van der Waals surface area contributed by atoms with Crippen LogP contribution < -0.4 is 10.3 Å². The molecule has 3 aromatic carbocycles. The molecule has 0 spiro atoms. The van der Waals surface area contributed by atoms with E-state index in [2.05, 4.69) is 0 Å². The van der Waals surface area contributed by atoms with Crippen LogP contribution >= 0.6 is 0 Å². The minimum absolute atomic E-state index is 0.0351. The lowest BCUT2D eigenvalue weighted by molar-refractivity contribution is -0.143. The summed E-state index contributed by atoms with van der Waals surface area (Å²) in [5.41, 5.74) is -0.889. The van der Waals surface area contributed by atoms with Crippen LogP contribution in [0.15, 0.2) is 70.0 Å². The van der Waals surface area contributed by atoms with Crippen LogP contribution in [-0.4, -0.2) is 14.3 Å². The van der Waals surface area contributed by atoms with Gasteiger partial charge in [0.25, 0.3) is 15.9 Å². The van der Waals surface area contributed by atoms with E-state index in [1.807, 2.05) is 0 Å². The Morgan fingerprint density at radius 3 is 1.97 bits per heavy atom. The van der Waals surface area contributed by atoms with Crippen LogP contribution in [0.1, 0.15) is 21.5 Å². The molecule has 6 nitrogen and oxygen atoms in total. The summed E-state index contributed by atoms with van der Waals surface area (Å²) in [6.45, 7) is 0. The van der Waals surface area contributed by atoms with Gasteiger partial charge in [0.05, 0.1) is 16.0 Å². The number of alkyl halides is 6. The molecule has 0 aliphatic heterocycles. The summed E-state index contributed by atoms with van der Waals surface area (Å²) in [5, 5.41) is 1.22. The Hall–Kier alpha value is -3.58. The maximum atomic E-state index is 13.0. The van der Waals surface area contributed by atoms with Crippen LogP contribution in [0.2, 0.25) is 0 Å². The summed E-state index contributed by atoms with van der Waals surface area (Å²) in [7, 11) is -5.00. The Morgan fingerprint density at radius 2 is 1.35 bits per heavy atom. The molecule has 0 aliphatic carbocycles. The van der Waals surface area contributed by atoms with E-state index in [-0.39, 0.29) is 23.8 Å². The molecular formula is C21H12F6N2O4S. The highest BCUT2D eigenvalue weighted by atomic mass is 32.2. The monoisotopic (exact) mass is 502 g/mol. The molecule has 178 valence electrons. The molecular weight excluding hydrogens is 490 g/mol. The van der Waals surface area contributed by atoms with Gasteiger partial charge in [-0.15, -0.1) is 4.83 Å². The minimum Gasteiger partial charge on any atom is -0.456 e. The quantitative estimate of drug-likeness (QED) is 0.295. The third-order valence-electron chi connectivity index (χ3n) is 4.81. The number of hydrogen-bond donors (Lipinski definition) is 2. The summed E-state index contributed by atoms with van der Waals surface area (Å²) in [6, 6.07) is 10.9. The molecule has 1 amide bonds. The molecule has 0 fully saturated rings. The second-order valence-corrected chi connectivity index (χ2v) is 8.79. The number of hydrogen-bond acceptors (Lipinski definition) is 4. The first-order valence-corrected chi connectivity index (χ1v) is 10.8. The zero-order chi connectivity index (χ0) is 24.9. The molecule has 0 saturated heterocycles. The topological polar surface area (TPSA) is 88.4 Å². The fourth-order valence-electron chi connectivity index (χ4n) is 3.19. The highest BCUT2D eigenvalue weighted by Gasteiger charge is 2.38. The lowest BCUT2D eigenvalue weighted by atomic mass is 10.1. The fraction of sp³-hybridized carbons (Fsp3) is 0.0952. The zero-order valence-electron chi connectivity index (χ0n) is 16.6. The molecule has 1 heterocycles. The lowest BCUT2D eigenvalue weighted by Gasteiger charge is -2.15. The van der Waals surface area contributed by atoms with E-state index in [1.54, 1.807) is 29.7 Å². The van der Waals surface area contributed by atoms with Crippen molar-refractivity contribution >= 4 is 37.9 Å². The van der Waals surface area contributed by atoms with Crippen LogP contribution in [-0.2, 0) is 22.4 Å². The first-order chi connectivity index (χ1) is 15.8. The van der Waals surface area contributed by atoms with Gasteiger partial charge in [0.1, 0.15) is 11.2 Å². The van der Waals surface area contributed by atoms with Crippen molar-refractivity contribution in [1.29, 1.82) is 0 Å². The van der Waals surface area contributed by atoms with E-state index in [1.165, 1.54) is 23.0 Å². The van der Waals surface area contributed by atoms with Crippen molar-refractivity contribution in [3.63, 3.8) is 0 Å². The van der Waals surface area contributed by atoms with Gasteiger partial charge >= 0.3 is 12.4 Å². The minimum atomic E-state index is -5.24. The molecule has 1 aromatic heterocycles. The third-order valence-corrected chi connectivity index (χ3v) is 6.04. The van der Waals surface area contributed by atoms with Crippen molar-refractivity contribution < 1.29 is 44.0 Å². The van der Waals surface area contributed by atoms with E-state index in [0.29, 0.717) is 21.9 Å². The van der Waals surface area contributed by atoms with Gasteiger partial charge in [-0.05, 0) is 42.5 Å². The molecule has 0 bridgehead atoms. The molecule has 2 N–H and O–H groups in total. The number of carbonyl (C=O) groups excluding carboxylic acids is 1. The number of benzene rings is 3. The second kappa shape index (κ2) is 8.02. The van der Waals surface area contributed by atoms with Crippen LogP contribution in [0, 0.1) is 0 Å². The van der Waals surface area contributed by atoms with E-state index < -0.39 is 44.3 Å². The average Bonchev–Trinajstić information content (AvgIpc) is 3.14. The maximum absolute atomic E-state index is 13.0. The Labute approximate surface area is 187 Å². The molecule has 4 rings (SSSR count). The number of amides is 1. The van der Waals surface area contributed by atoms with Crippen LogP contribution in [0.4, 0.5) is 26.3 Å². The first-order valence-electron chi connectivity index (χ1n) is 9.29.